The van der Waals surface area contributed by atoms with E-state index in [1.807, 2.05) is 30.3 Å². The molecule has 0 radical (unpaired) electrons. The SMILES string of the molecule is COc1cc(Cl)c(C)cc1NC(=O)COC(=O)C(Cc1ccccc1)NC(=O)c1ccco1. The highest BCUT2D eigenvalue weighted by Gasteiger charge is 2.25. The van der Waals surface area contributed by atoms with Gasteiger partial charge in [-0.1, -0.05) is 41.9 Å². The molecule has 0 fully saturated rings. The maximum atomic E-state index is 12.7. The molecule has 172 valence electrons. The Balaban J connectivity index is 1.65. The van der Waals surface area contributed by atoms with Crippen LogP contribution in [-0.2, 0) is 20.7 Å². The molecule has 2 N–H and O–H groups in total. The van der Waals surface area contributed by atoms with Gasteiger partial charge in [0.2, 0.25) is 0 Å². The molecule has 2 amide bonds. The van der Waals surface area contributed by atoms with Crippen molar-refractivity contribution in [1.29, 1.82) is 0 Å². The van der Waals surface area contributed by atoms with Gasteiger partial charge in [-0.25, -0.2) is 4.79 Å². The number of benzene rings is 2. The van der Waals surface area contributed by atoms with Crippen molar-refractivity contribution in [3.05, 3.63) is 82.8 Å². The predicted molar refractivity (Wildman–Crippen MR) is 122 cm³/mol. The third-order valence-corrected chi connectivity index (χ3v) is 5.13. The molecule has 0 spiro atoms. The van der Waals surface area contributed by atoms with Gasteiger partial charge in [0.15, 0.2) is 12.4 Å². The standard InChI is InChI=1S/C24H23ClN2O6/c1-15-11-18(21(31-2)13-17(15)25)26-22(28)14-33-24(30)19(12-16-7-4-3-5-8-16)27-23(29)20-9-6-10-32-20/h3-11,13,19H,12,14H2,1-2H3,(H,26,28)(H,27,29). The molecule has 1 heterocycles. The summed E-state index contributed by atoms with van der Waals surface area (Å²) < 4.78 is 15.5. The molecule has 9 heteroatoms. The average Bonchev–Trinajstić information content (AvgIpc) is 3.35. The van der Waals surface area contributed by atoms with E-state index >= 15 is 0 Å². The minimum atomic E-state index is -1.02. The first-order chi connectivity index (χ1) is 15.9. The second kappa shape index (κ2) is 11.2. The Hall–Kier alpha value is -3.78. The number of halogens is 1. The Labute approximate surface area is 195 Å². The summed E-state index contributed by atoms with van der Waals surface area (Å²) in [5.74, 6) is -1.46. The number of carbonyl (C=O) groups excluding carboxylic acids is 3. The zero-order chi connectivity index (χ0) is 23.8. The second-order valence-corrected chi connectivity index (χ2v) is 7.56. The van der Waals surface area contributed by atoms with Crippen LogP contribution in [0.4, 0.5) is 5.69 Å². The molecule has 0 aliphatic carbocycles. The van der Waals surface area contributed by atoms with Crippen molar-refractivity contribution in [2.45, 2.75) is 19.4 Å². The first-order valence-corrected chi connectivity index (χ1v) is 10.4. The van der Waals surface area contributed by atoms with Gasteiger partial charge in [0.1, 0.15) is 11.8 Å². The average molecular weight is 471 g/mol. The molecule has 0 saturated heterocycles. The zero-order valence-electron chi connectivity index (χ0n) is 18.1. The van der Waals surface area contributed by atoms with E-state index in [1.54, 1.807) is 25.1 Å². The maximum Gasteiger partial charge on any atom is 0.329 e. The Morgan fingerprint density at radius 3 is 2.52 bits per heavy atom. The predicted octanol–water partition coefficient (Wildman–Crippen LogP) is 3.77. The third-order valence-electron chi connectivity index (χ3n) is 4.72. The van der Waals surface area contributed by atoms with Gasteiger partial charge in [-0.3, -0.25) is 9.59 Å². The Bertz CT molecular complexity index is 1120. The van der Waals surface area contributed by atoms with Gasteiger partial charge >= 0.3 is 5.97 Å². The fourth-order valence-corrected chi connectivity index (χ4v) is 3.19. The minimum absolute atomic E-state index is 0.0591. The Kier molecular flexibility index (Phi) is 8.10. The lowest BCUT2D eigenvalue weighted by atomic mass is 10.1. The molecule has 0 aliphatic heterocycles. The number of nitrogens with one attached hydrogen (secondary N) is 2. The topological polar surface area (TPSA) is 107 Å². The third kappa shape index (κ3) is 6.60. The molecule has 33 heavy (non-hydrogen) atoms. The summed E-state index contributed by atoms with van der Waals surface area (Å²) in [6, 6.07) is 14.4. The summed E-state index contributed by atoms with van der Waals surface area (Å²) >= 11 is 6.08. The number of methoxy groups -OCH3 is 1. The molecule has 1 unspecified atom stereocenters. The summed E-state index contributed by atoms with van der Waals surface area (Å²) in [5, 5.41) is 5.73. The minimum Gasteiger partial charge on any atom is -0.495 e. The van der Waals surface area contributed by atoms with Crippen LogP contribution in [0, 0.1) is 6.92 Å². The van der Waals surface area contributed by atoms with E-state index < -0.39 is 30.4 Å². The molecule has 0 saturated carbocycles. The largest absolute Gasteiger partial charge is 0.495 e. The highest BCUT2D eigenvalue weighted by atomic mass is 35.5. The van der Waals surface area contributed by atoms with Gasteiger partial charge in [0.05, 0.1) is 19.1 Å². The molecule has 1 aromatic heterocycles. The molecule has 8 nitrogen and oxygen atoms in total. The van der Waals surface area contributed by atoms with Crippen molar-refractivity contribution in [2.24, 2.45) is 0 Å². The first kappa shape index (κ1) is 23.9. The smallest absolute Gasteiger partial charge is 0.329 e. The molecular formula is C24H23ClN2O6. The van der Waals surface area contributed by atoms with Crippen molar-refractivity contribution in [2.75, 3.05) is 19.0 Å². The molecule has 0 aliphatic rings. The van der Waals surface area contributed by atoms with Gasteiger partial charge in [0.25, 0.3) is 11.8 Å². The van der Waals surface area contributed by atoms with E-state index in [0.717, 1.165) is 11.1 Å². The molecule has 0 bridgehead atoms. The van der Waals surface area contributed by atoms with E-state index in [2.05, 4.69) is 10.6 Å². The van der Waals surface area contributed by atoms with Crippen LogP contribution in [-0.4, -0.2) is 37.5 Å². The lowest BCUT2D eigenvalue weighted by Crippen LogP contribution is -2.44. The summed E-state index contributed by atoms with van der Waals surface area (Å²) in [6.45, 7) is 1.24. The van der Waals surface area contributed by atoms with Crippen molar-refractivity contribution >= 4 is 35.1 Å². The molecule has 3 rings (SSSR count). The monoisotopic (exact) mass is 470 g/mol. The number of carbonyl (C=O) groups is 3. The normalized spacial score (nSPS) is 11.4. The molecule has 3 aromatic rings. The van der Waals surface area contributed by atoms with E-state index in [4.69, 9.17) is 25.5 Å². The van der Waals surface area contributed by atoms with Crippen LogP contribution in [0.3, 0.4) is 0 Å². The Morgan fingerprint density at radius 2 is 1.85 bits per heavy atom. The van der Waals surface area contributed by atoms with Crippen molar-refractivity contribution < 1.29 is 28.3 Å². The quantitative estimate of drug-likeness (QED) is 0.461. The summed E-state index contributed by atoms with van der Waals surface area (Å²) in [7, 11) is 1.45. The van der Waals surface area contributed by atoms with Crippen molar-refractivity contribution in [1.82, 2.24) is 5.32 Å². The van der Waals surface area contributed by atoms with Gasteiger partial charge in [-0.2, -0.15) is 0 Å². The zero-order valence-corrected chi connectivity index (χ0v) is 18.8. The van der Waals surface area contributed by atoms with E-state index in [0.29, 0.717) is 16.5 Å². The number of hydrogen-bond donors (Lipinski definition) is 2. The Morgan fingerprint density at radius 1 is 1.09 bits per heavy atom. The van der Waals surface area contributed by atoms with E-state index in [9.17, 15) is 14.4 Å². The summed E-state index contributed by atoms with van der Waals surface area (Å²) in [6.07, 6.45) is 1.54. The number of rotatable bonds is 9. The number of amides is 2. The lowest BCUT2D eigenvalue weighted by molar-refractivity contribution is -0.149. The van der Waals surface area contributed by atoms with Crippen LogP contribution in [0.5, 0.6) is 5.75 Å². The van der Waals surface area contributed by atoms with Gasteiger partial charge in [0, 0.05) is 17.5 Å². The highest BCUT2D eigenvalue weighted by molar-refractivity contribution is 6.31. The van der Waals surface area contributed by atoms with Crippen LogP contribution >= 0.6 is 11.6 Å². The maximum absolute atomic E-state index is 12.7. The fourth-order valence-electron chi connectivity index (χ4n) is 3.03. The second-order valence-electron chi connectivity index (χ2n) is 7.15. The fraction of sp³-hybridized carbons (Fsp3) is 0.208. The highest BCUT2D eigenvalue weighted by Crippen LogP contribution is 2.30. The summed E-state index contributed by atoms with van der Waals surface area (Å²) in [4.78, 5) is 37.5. The van der Waals surface area contributed by atoms with E-state index in [1.165, 1.54) is 19.4 Å². The lowest BCUT2D eigenvalue weighted by Gasteiger charge is -2.17. The number of aryl methyl sites for hydroxylation is 1. The first-order valence-electron chi connectivity index (χ1n) is 10.1. The van der Waals surface area contributed by atoms with E-state index in [-0.39, 0.29) is 12.2 Å². The summed E-state index contributed by atoms with van der Waals surface area (Å²) in [5.41, 5.74) is 1.95. The molecular weight excluding hydrogens is 448 g/mol. The number of ether oxygens (including phenoxy) is 2. The van der Waals surface area contributed by atoms with Crippen molar-refractivity contribution in [3.8, 4) is 5.75 Å². The van der Waals surface area contributed by atoms with Crippen LogP contribution in [0.2, 0.25) is 5.02 Å². The number of anilines is 1. The van der Waals surface area contributed by atoms with Crippen LogP contribution < -0.4 is 15.4 Å². The van der Waals surface area contributed by atoms with Gasteiger partial charge in [-0.05, 0) is 36.2 Å². The van der Waals surface area contributed by atoms with Crippen LogP contribution in [0.1, 0.15) is 21.7 Å². The van der Waals surface area contributed by atoms with Gasteiger partial charge < -0.3 is 24.5 Å². The van der Waals surface area contributed by atoms with Gasteiger partial charge in [-0.15, -0.1) is 0 Å². The molecule has 2 aromatic carbocycles. The number of hydrogen-bond acceptors (Lipinski definition) is 6. The molecule has 1 atom stereocenters. The number of esters is 1. The van der Waals surface area contributed by atoms with Crippen LogP contribution in [0.15, 0.2) is 65.3 Å². The van der Waals surface area contributed by atoms with Crippen molar-refractivity contribution in [3.63, 3.8) is 0 Å². The van der Waals surface area contributed by atoms with Crippen LogP contribution in [0.25, 0.3) is 0 Å². The number of furan rings is 1.